The monoisotopic (exact) mass is 434 g/mol. The van der Waals surface area contributed by atoms with E-state index < -0.39 is 0 Å². The Hall–Kier alpha value is -3.74. The Morgan fingerprint density at radius 2 is 1.94 bits per heavy atom. The number of carbonyl (C=O) groups excluding carboxylic acids is 1. The van der Waals surface area contributed by atoms with Crippen molar-refractivity contribution in [2.24, 2.45) is 0 Å². The van der Waals surface area contributed by atoms with E-state index in [0.717, 1.165) is 38.7 Å². The van der Waals surface area contributed by atoms with E-state index >= 15 is 0 Å². The first-order valence-electron chi connectivity index (χ1n) is 10.5. The third-order valence-corrected chi connectivity index (χ3v) is 5.71. The van der Waals surface area contributed by atoms with Crippen LogP contribution < -0.4 is 20.4 Å². The molecule has 7 heteroatoms. The lowest BCUT2D eigenvalue weighted by Crippen LogP contribution is -2.30. The number of amides is 1. The molecule has 0 saturated carbocycles. The van der Waals surface area contributed by atoms with Crippen LogP contribution in [0.1, 0.15) is 22.3 Å². The first kappa shape index (κ1) is 21.5. The van der Waals surface area contributed by atoms with E-state index in [1.54, 1.807) is 20.1 Å². The zero-order valence-corrected chi connectivity index (χ0v) is 18.6. The van der Waals surface area contributed by atoms with Crippen LogP contribution >= 0.6 is 0 Å². The molecule has 4 rings (SSSR count). The highest BCUT2D eigenvalue weighted by Gasteiger charge is 2.14. The molecule has 0 bridgehead atoms. The number of H-pyrrole nitrogens is 1. The minimum absolute atomic E-state index is 0.124. The second kappa shape index (κ2) is 8.78. The Kier molecular flexibility index (Phi) is 5.90. The summed E-state index contributed by atoms with van der Waals surface area (Å²) in [7, 11) is 1.64. The minimum atomic E-state index is -0.361. The molecule has 0 aliphatic heterocycles. The zero-order valence-electron chi connectivity index (χ0n) is 18.6. The van der Waals surface area contributed by atoms with Gasteiger partial charge in [-0.3, -0.25) is 4.79 Å². The van der Waals surface area contributed by atoms with E-state index in [1.165, 1.54) is 0 Å². The predicted octanol–water partition coefficient (Wildman–Crippen LogP) is 3.95. The highest BCUT2D eigenvalue weighted by Crippen LogP contribution is 2.30. The van der Waals surface area contributed by atoms with Crippen LogP contribution in [0.4, 0.5) is 0 Å². The van der Waals surface area contributed by atoms with E-state index in [4.69, 9.17) is 13.9 Å². The van der Waals surface area contributed by atoms with Gasteiger partial charge in [-0.05, 0) is 68.1 Å². The molecule has 2 aromatic carbocycles. The summed E-state index contributed by atoms with van der Waals surface area (Å²) in [5.41, 5.74) is 4.43. The Morgan fingerprint density at radius 3 is 2.72 bits per heavy atom. The van der Waals surface area contributed by atoms with Gasteiger partial charge in [-0.15, -0.1) is 0 Å². The van der Waals surface area contributed by atoms with Gasteiger partial charge in [0.1, 0.15) is 17.1 Å². The molecule has 2 heterocycles. The van der Waals surface area contributed by atoms with Crippen molar-refractivity contribution >= 4 is 27.8 Å². The lowest BCUT2D eigenvalue weighted by Gasteiger charge is -2.13. The largest absolute Gasteiger partial charge is 0.497 e. The van der Waals surface area contributed by atoms with E-state index in [-0.39, 0.29) is 18.1 Å². The van der Waals surface area contributed by atoms with Crippen LogP contribution in [-0.4, -0.2) is 31.2 Å². The number of carbonyl (C=O) groups is 1. The van der Waals surface area contributed by atoms with Crippen LogP contribution in [0.5, 0.6) is 11.5 Å². The third kappa shape index (κ3) is 4.19. The molecule has 0 saturated heterocycles. The van der Waals surface area contributed by atoms with Crippen molar-refractivity contribution in [3.05, 3.63) is 69.2 Å². The molecular formula is C25H26N2O5. The average Bonchev–Trinajstić information content (AvgIpc) is 3.17. The van der Waals surface area contributed by atoms with Gasteiger partial charge in [-0.25, -0.2) is 4.79 Å². The summed E-state index contributed by atoms with van der Waals surface area (Å²) < 4.78 is 16.5. The van der Waals surface area contributed by atoms with Gasteiger partial charge >= 0.3 is 5.63 Å². The first-order chi connectivity index (χ1) is 15.4. The normalized spacial score (nSPS) is 11.1. The second-order valence-electron chi connectivity index (χ2n) is 7.89. The number of nitrogens with one attached hydrogen (secondary N) is 2. The lowest BCUT2D eigenvalue weighted by molar-refractivity contribution is -0.123. The van der Waals surface area contributed by atoms with Gasteiger partial charge < -0.3 is 24.2 Å². The van der Waals surface area contributed by atoms with Crippen molar-refractivity contribution in [2.75, 3.05) is 20.3 Å². The Bertz CT molecular complexity index is 1370. The Labute approximate surface area is 185 Å². The number of benzene rings is 2. The van der Waals surface area contributed by atoms with Crippen molar-refractivity contribution in [1.29, 1.82) is 0 Å². The highest BCUT2D eigenvalue weighted by molar-refractivity contribution is 5.89. The summed E-state index contributed by atoms with van der Waals surface area (Å²) in [5.74, 6) is 1.11. The minimum Gasteiger partial charge on any atom is -0.497 e. The summed E-state index contributed by atoms with van der Waals surface area (Å²) in [6.45, 7) is 5.83. The SMILES string of the molecule is COc1ccc2c(CCNC(=O)COc3cc(C)cc4oc(=O)c(C)c(C)c34)c[nH]c2c1. The van der Waals surface area contributed by atoms with Crippen LogP contribution in [0.3, 0.4) is 0 Å². The molecule has 0 unspecified atom stereocenters. The van der Waals surface area contributed by atoms with Gasteiger partial charge in [0, 0.05) is 35.3 Å². The molecule has 0 aliphatic carbocycles. The maximum atomic E-state index is 12.4. The third-order valence-electron chi connectivity index (χ3n) is 5.71. The molecule has 166 valence electrons. The number of ether oxygens (including phenoxy) is 2. The van der Waals surface area contributed by atoms with Crippen molar-refractivity contribution in [2.45, 2.75) is 27.2 Å². The standard InChI is InChI=1S/C25H26N2O5/c1-14-9-21(24-15(2)16(3)25(29)32-22(24)10-14)31-13-23(28)26-8-7-17-12-27-20-11-18(30-4)5-6-19(17)20/h5-6,9-12,27H,7-8,13H2,1-4H3,(H,26,28). The van der Waals surface area contributed by atoms with Gasteiger partial charge in [0.2, 0.25) is 0 Å². The fraction of sp³-hybridized carbons (Fsp3) is 0.280. The summed E-state index contributed by atoms with van der Waals surface area (Å²) in [4.78, 5) is 27.6. The molecule has 2 aromatic heterocycles. The van der Waals surface area contributed by atoms with Crippen LogP contribution in [-0.2, 0) is 11.2 Å². The maximum absolute atomic E-state index is 12.4. The van der Waals surface area contributed by atoms with E-state index in [9.17, 15) is 9.59 Å². The molecular weight excluding hydrogens is 408 g/mol. The number of fused-ring (bicyclic) bond motifs is 2. The number of aryl methyl sites for hydroxylation is 2. The lowest BCUT2D eigenvalue weighted by atomic mass is 10.0. The topological polar surface area (TPSA) is 93.6 Å². The van der Waals surface area contributed by atoms with Crippen molar-refractivity contribution < 1.29 is 18.7 Å². The second-order valence-corrected chi connectivity index (χ2v) is 7.89. The highest BCUT2D eigenvalue weighted by atomic mass is 16.5. The zero-order chi connectivity index (χ0) is 22.8. The summed E-state index contributed by atoms with van der Waals surface area (Å²) in [6.07, 6.45) is 2.64. The van der Waals surface area contributed by atoms with E-state index in [2.05, 4.69) is 10.3 Å². The van der Waals surface area contributed by atoms with Gasteiger partial charge in [-0.2, -0.15) is 0 Å². The molecule has 7 nitrogen and oxygen atoms in total. The predicted molar refractivity (Wildman–Crippen MR) is 124 cm³/mol. The average molecular weight is 434 g/mol. The molecule has 0 atom stereocenters. The van der Waals surface area contributed by atoms with Gasteiger partial charge in [-0.1, -0.05) is 0 Å². The number of hydrogen-bond acceptors (Lipinski definition) is 5. The van der Waals surface area contributed by atoms with E-state index in [0.29, 0.717) is 29.9 Å². The summed E-state index contributed by atoms with van der Waals surface area (Å²) in [6, 6.07) is 9.53. The number of rotatable bonds is 7. The van der Waals surface area contributed by atoms with Gasteiger partial charge in [0.15, 0.2) is 6.61 Å². The fourth-order valence-electron chi connectivity index (χ4n) is 3.83. The number of methoxy groups -OCH3 is 1. The number of aromatic nitrogens is 1. The van der Waals surface area contributed by atoms with Crippen LogP contribution in [0, 0.1) is 20.8 Å². The van der Waals surface area contributed by atoms with E-state index in [1.807, 2.05) is 44.3 Å². The molecule has 2 N–H and O–H groups in total. The van der Waals surface area contributed by atoms with Crippen LogP contribution in [0.2, 0.25) is 0 Å². The molecule has 0 fully saturated rings. The summed E-state index contributed by atoms with van der Waals surface area (Å²) in [5, 5.41) is 4.72. The molecule has 0 aliphatic rings. The quantitative estimate of drug-likeness (QED) is 0.430. The smallest absolute Gasteiger partial charge is 0.339 e. The van der Waals surface area contributed by atoms with Crippen molar-refractivity contribution in [3.8, 4) is 11.5 Å². The molecule has 4 aromatic rings. The van der Waals surface area contributed by atoms with Crippen LogP contribution in [0.25, 0.3) is 21.9 Å². The molecule has 0 radical (unpaired) electrons. The summed E-state index contributed by atoms with van der Waals surface area (Å²) >= 11 is 0. The molecule has 32 heavy (non-hydrogen) atoms. The number of hydrogen-bond donors (Lipinski definition) is 2. The fourth-order valence-corrected chi connectivity index (χ4v) is 3.83. The van der Waals surface area contributed by atoms with Gasteiger partial charge in [0.05, 0.1) is 12.5 Å². The van der Waals surface area contributed by atoms with Crippen LogP contribution in [0.15, 0.2) is 45.7 Å². The van der Waals surface area contributed by atoms with Crippen molar-refractivity contribution in [3.63, 3.8) is 0 Å². The molecule has 0 spiro atoms. The molecule has 1 amide bonds. The Morgan fingerprint density at radius 1 is 1.12 bits per heavy atom. The maximum Gasteiger partial charge on any atom is 0.339 e. The van der Waals surface area contributed by atoms with Crippen molar-refractivity contribution in [1.82, 2.24) is 10.3 Å². The Balaban J connectivity index is 1.40. The number of aromatic amines is 1. The first-order valence-corrected chi connectivity index (χ1v) is 10.5. The van der Waals surface area contributed by atoms with Gasteiger partial charge in [0.25, 0.3) is 5.91 Å².